The summed E-state index contributed by atoms with van der Waals surface area (Å²) in [6, 6.07) is 15.1. The maximum atomic E-state index is 12.5. The second kappa shape index (κ2) is 8.42. The summed E-state index contributed by atoms with van der Waals surface area (Å²) in [5.74, 6) is -0.874. The standard InChI is InChI=1S/C21H17Cl2N3O2/c1-12-6-8-14(10-16(12)22)24-20(27)18-4-3-5-19(26-18)21(28)25-15-9-7-13(2)17(23)11-15/h3-11H,1-2H3,(H,24,27)(H,25,28). The third kappa shape index (κ3) is 4.68. The van der Waals surface area contributed by atoms with Crippen LogP contribution in [0.2, 0.25) is 10.0 Å². The minimum atomic E-state index is -0.437. The molecule has 1 aromatic heterocycles. The van der Waals surface area contributed by atoms with Gasteiger partial charge in [0.15, 0.2) is 0 Å². The highest BCUT2D eigenvalue weighted by atomic mass is 35.5. The fraction of sp³-hybridized carbons (Fsp3) is 0.0952. The van der Waals surface area contributed by atoms with Crippen molar-refractivity contribution < 1.29 is 9.59 Å². The van der Waals surface area contributed by atoms with Crippen LogP contribution in [0.1, 0.15) is 32.1 Å². The van der Waals surface area contributed by atoms with Gasteiger partial charge < -0.3 is 10.6 Å². The van der Waals surface area contributed by atoms with Crippen molar-refractivity contribution in [3.8, 4) is 0 Å². The number of anilines is 2. The average Bonchev–Trinajstić information content (AvgIpc) is 2.67. The Labute approximate surface area is 172 Å². The summed E-state index contributed by atoms with van der Waals surface area (Å²) in [4.78, 5) is 29.1. The van der Waals surface area contributed by atoms with Gasteiger partial charge in [-0.05, 0) is 61.4 Å². The molecule has 0 fully saturated rings. The molecule has 0 bridgehead atoms. The minimum Gasteiger partial charge on any atom is -0.321 e. The third-order valence-corrected chi connectivity index (χ3v) is 4.89. The molecule has 0 saturated heterocycles. The van der Waals surface area contributed by atoms with Crippen LogP contribution in [-0.2, 0) is 0 Å². The van der Waals surface area contributed by atoms with Crippen LogP contribution in [0, 0.1) is 13.8 Å². The summed E-state index contributed by atoms with van der Waals surface area (Å²) >= 11 is 12.2. The van der Waals surface area contributed by atoms with E-state index in [4.69, 9.17) is 23.2 Å². The first-order valence-corrected chi connectivity index (χ1v) is 9.21. The molecule has 0 atom stereocenters. The van der Waals surface area contributed by atoms with Crippen LogP contribution in [-0.4, -0.2) is 16.8 Å². The smallest absolute Gasteiger partial charge is 0.274 e. The van der Waals surface area contributed by atoms with Crippen LogP contribution in [0.5, 0.6) is 0 Å². The number of pyridine rings is 1. The van der Waals surface area contributed by atoms with Crippen LogP contribution in [0.15, 0.2) is 54.6 Å². The van der Waals surface area contributed by atoms with E-state index in [0.717, 1.165) is 11.1 Å². The number of nitrogens with one attached hydrogen (secondary N) is 2. The molecule has 3 rings (SSSR count). The fourth-order valence-corrected chi connectivity index (χ4v) is 2.78. The van der Waals surface area contributed by atoms with Crippen LogP contribution < -0.4 is 10.6 Å². The van der Waals surface area contributed by atoms with Gasteiger partial charge in [0, 0.05) is 21.4 Å². The van der Waals surface area contributed by atoms with Crippen LogP contribution in [0.25, 0.3) is 0 Å². The molecule has 7 heteroatoms. The Balaban J connectivity index is 1.75. The van der Waals surface area contributed by atoms with Gasteiger partial charge in [-0.15, -0.1) is 0 Å². The Hall–Kier alpha value is -2.89. The van der Waals surface area contributed by atoms with Crippen molar-refractivity contribution in [3.05, 3.63) is 87.2 Å². The second-order valence-corrected chi connectivity index (χ2v) is 7.06. The lowest BCUT2D eigenvalue weighted by Gasteiger charge is -2.09. The quantitative estimate of drug-likeness (QED) is 0.592. The van der Waals surface area contributed by atoms with Gasteiger partial charge in [-0.1, -0.05) is 41.4 Å². The second-order valence-electron chi connectivity index (χ2n) is 6.24. The number of amides is 2. The van der Waals surface area contributed by atoms with Gasteiger partial charge in [-0.25, -0.2) is 4.98 Å². The molecule has 0 saturated carbocycles. The van der Waals surface area contributed by atoms with Gasteiger partial charge in [0.1, 0.15) is 11.4 Å². The zero-order chi connectivity index (χ0) is 20.3. The molecule has 0 unspecified atom stereocenters. The fourth-order valence-electron chi connectivity index (χ4n) is 2.42. The van der Waals surface area contributed by atoms with E-state index >= 15 is 0 Å². The minimum absolute atomic E-state index is 0.117. The maximum absolute atomic E-state index is 12.5. The Morgan fingerprint density at radius 2 is 1.18 bits per heavy atom. The Bertz CT molecular complexity index is 987. The predicted octanol–water partition coefficient (Wildman–Crippen LogP) is 5.51. The zero-order valence-corrected chi connectivity index (χ0v) is 16.7. The van der Waals surface area contributed by atoms with E-state index in [1.807, 2.05) is 26.0 Å². The van der Waals surface area contributed by atoms with Gasteiger partial charge >= 0.3 is 0 Å². The highest BCUT2D eigenvalue weighted by Gasteiger charge is 2.13. The third-order valence-electron chi connectivity index (χ3n) is 4.07. The summed E-state index contributed by atoms with van der Waals surface area (Å²) in [6.07, 6.45) is 0. The maximum Gasteiger partial charge on any atom is 0.274 e. The summed E-state index contributed by atoms with van der Waals surface area (Å²) < 4.78 is 0. The summed E-state index contributed by atoms with van der Waals surface area (Å²) in [5.41, 5.74) is 3.15. The summed E-state index contributed by atoms with van der Waals surface area (Å²) in [5, 5.41) is 6.54. The number of rotatable bonds is 4. The number of halogens is 2. The number of aromatic nitrogens is 1. The van der Waals surface area contributed by atoms with E-state index in [1.165, 1.54) is 12.1 Å². The molecule has 28 heavy (non-hydrogen) atoms. The number of hydrogen-bond donors (Lipinski definition) is 2. The van der Waals surface area contributed by atoms with Crippen molar-refractivity contribution in [1.82, 2.24) is 4.98 Å². The molecule has 2 aromatic carbocycles. The van der Waals surface area contributed by atoms with E-state index in [0.29, 0.717) is 21.4 Å². The molecular formula is C21H17Cl2N3O2. The molecule has 1 heterocycles. The topological polar surface area (TPSA) is 71.1 Å². The van der Waals surface area contributed by atoms with Gasteiger partial charge in [-0.3, -0.25) is 9.59 Å². The van der Waals surface area contributed by atoms with Crippen LogP contribution in [0.4, 0.5) is 11.4 Å². The number of aryl methyl sites for hydroxylation is 2. The average molecular weight is 414 g/mol. The van der Waals surface area contributed by atoms with Crippen molar-refractivity contribution in [3.63, 3.8) is 0 Å². The van der Waals surface area contributed by atoms with Crippen molar-refractivity contribution in [2.45, 2.75) is 13.8 Å². The number of hydrogen-bond acceptors (Lipinski definition) is 3. The van der Waals surface area contributed by atoms with Crippen molar-refractivity contribution in [2.24, 2.45) is 0 Å². The van der Waals surface area contributed by atoms with Crippen molar-refractivity contribution >= 4 is 46.4 Å². The molecule has 2 N–H and O–H groups in total. The van der Waals surface area contributed by atoms with Crippen LogP contribution >= 0.6 is 23.2 Å². The number of nitrogens with zero attached hydrogens (tertiary/aromatic N) is 1. The SMILES string of the molecule is Cc1ccc(NC(=O)c2cccc(C(=O)Nc3ccc(C)c(Cl)c3)n2)cc1Cl. The van der Waals surface area contributed by atoms with Gasteiger partial charge in [-0.2, -0.15) is 0 Å². The lowest BCUT2D eigenvalue weighted by molar-refractivity contribution is 0.101. The monoisotopic (exact) mass is 413 g/mol. The van der Waals surface area contributed by atoms with E-state index in [-0.39, 0.29) is 11.4 Å². The molecule has 0 aliphatic heterocycles. The van der Waals surface area contributed by atoms with Crippen LogP contribution in [0.3, 0.4) is 0 Å². The summed E-state index contributed by atoms with van der Waals surface area (Å²) in [7, 11) is 0. The lowest BCUT2D eigenvalue weighted by Crippen LogP contribution is -2.18. The van der Waals surface area contributed by atoms with Crippen molar-refractivity contribution in [2.75, 3.05) is 10.6 Å². The largest absolute Gasteiger partial charge is 0.321 e. The molecule has 2 amide bonds. The predicted molar refractivity (Wildman–Crippen MR) is 113 cm³/mol. The Morgan fingerprint density at radius 3 is 1.57 bits per heavy atom. The molecule has 0 spiro atoms. The highest BCUT2D eigenvalue weighted by Crippen LogP contribution is 2.21. The Kier molecular flexibility index (Phi) is 5.97. The molecule has 5 nitrogen and oxygen atoms in total. The highest BCUT2D eigenvalue weighted by molar-refractivity contribution is 6.32. The first-order valence-electron chi connectivity index (χ1n) is 8.45. The molecule has 0 radical (unpaired) electrons. The molecule has 3 aromatic rings. The van der Waals surface area contributed by atoms with Gasteiger partial charge in [0.2, 0.25) is 0 Å². The Morgan fingerprint density at radius 1 is 0.750 bits per heavy atom. The summed E-state index contributed by atoms with van der Waals surface area (Å²) in [6.45, 7) is 3.75. The van der Waals surface area contributed by atoms with E-state index < -0.39 is 11.8 Å². The number of carbonyl (C=O) groups is 2. The van der Waals surface area contributed by atoms with E-state index in [1.54, 1.807) is 30.3 Å². The number of benzene rings is 2. The number of carbonyl (C=O) groups excluding carboxylic acids is 2. The first kappa shape index (κ1) is 19.9. The van der Waals surface area contributed by atoms with Gasteiger partial charge in [0.05, 0.1) is 0 Å². The molecule has 0 aliphatic carbocycles. The first-order chi connectivity index (χ1) is 13.3. The van der Waals surface area contributed by atoms with Crippen molar-refractivity contribution in [1.29, 1.82) is 0 Å². The molecule has 142 valence electrons. The molecule has 0 aliphatic rings. The lowest BCUT2D eigenvalue weighted by atomic mass is 10.2. The van der Waals surface area contributed by atoms with E-state index in [2.05, 4.69) is 15.6 Å². The zero-order valence-electron chi connectivity index (χ0n) is 15.2. The molecular weight excluding hydrogens is 397 g/mol. The normalized spacial score (nSPS) is 10.4. The van der Waals surface area contributed by atoms with E-state index in [9.17, 15) is 9.59 Å². The van der Waals surface area contributed by atoms with Gasteiger partial charge in [0.25, 0.3) is 11.8 Å².